The second-order valence-electron chi connectivity index (χ2n) is 6.06. The van der Waals surface area contributed by atoms with Crippen molar-refractivity contribution < 1.29 is 4.74 Å². The molecule has 0 fully saturated rings. The summed E-state index contributed by atoms with van der Waals surface area (Å²) in [6, 6.07) is 18.3. The van der Waals surface area contributed by atoms with Crippen molar-refractivity contribution in [2.75, 3.05) is 14.2 Å². The van der Waals surface area contributed by atoms with E-state index in [2.05, 4.69) is 45.0 Å². The molecular weight excluding hydrogens is 465 g/mol. The molecule has 0 aliphatic carbocycles. The highest BCUT2D eigenvalue weighted by molar-refractivity contribution is 14.0. The first-order chi connectivity index (χ1) is 13.3. The molecule has 2 aromatic carbocycles. The molecule has 28 heavy (non-hydrogen) atoms. The van der Waals surface area contributed by atoms with E-state index >= 15 is 0 Å². The van der Waals surface area contributed by atoms with Gasteiger partial charge in [0.05, 0.1) is 13.7 Å². The van der Waals surface area contributed by atoms with Gasteiger partial charge in [-0.15, -0.1) is 24.0 Å². The van der Waals surface area contributed by atoms with Crippen molar-refractivity contribution in [2.45, 2.75) is 19.6 Å². The number of halogens is 1. The molecule has 1 heterocycles. The minimum Gasteiger partial charge on any atom is -0.496 e. The monoisotopic (exact) mass is 491 g/mol. The summed E-state index contributed by atoms with van der Waals surface area (Å²) in [5, 5.41) is 11.0. The summed E-state index contributed by atoms with van der Waals surface area (Å²) in [4.78, 5) is 4.32. The molecule has 0 unspecified atom stereocenters. The van der Waals surface area contributed by atoms with Gasteiger partial charge in [-0.25, -0.2) is 0 Å². The molecule has 0 atom stereocenters. The van der Waals surface area contributed by atoms with E-state index in [4.69, 9.17) is 4.74 Å². The number of rotatable bonds is 7. The number of aromatic nitrogens is 2. The van der Waals surface area contributed by atoms with Crippen molar-refractivity contribution in [3.05, 3.63) is 83.7 Å². The van der Waals surface area contributed by atoms with Gasteiger partial charge in [0.1, 0.15) is 5.75 Å². The van der Waals surface area contributed by atoms with Crippen LogP contribution in [0.2, 0.25) is 0 Å². The first kappa shape index (κ1) is 21.7. The number of hydrogen-bond acceptors (Lipinski definition) is 3. The molecule has 3 aromatic rings. The summed E-state index contributed by atoms with van der Waals surface area (Å²) in [6.07, 6.45) is 3.77. The molecule has 0 radical (unpaired) electrons. The Balaban J connectivity index is 0.00000280. The highest BCUT2D eigenvalue weighted by Crippen LogP contribution is 2.16. The second kappa shape index (κ2) is 11.3. The van der Waals surface area contributed by atoms with Crippen molar-refractivity contribution in [3.63, 3.8) is 0 Å². The Morgan fingerprint density at radius 1 is 0.964 bits per heavy atom. The van der Waals surface area contributed by atoms with Gasteiger partial charge in [0, 0.05) is 38.1 Å². The molecule has 0 aliphatic rings. The maximum atomic E-state index is 5.40. The van der Waals surface area contributed by atoms with E-state index in [1.807, 2.05) is 41.2 Å². The van der Waals surface area contributed by atoms with Gasteiger partial charge < -0.3 is 15.4 Å². The number of methoxy groups -OCH3 is 1. The maximum Gasteiger partial charge on any atom is 0.191 e. The van der Waals surface area contributed by atoms with Gasteiger partial charge in [0.25, 0.3) is 0 Å². The molecule has 0 amide bonds. The number of ether oxygens (including phenoxy) is 1. The van der Waals surface area contributed by atoms with Gasteiger partial charge in [-0.1, -0.05) is 42.5 Å². The fourth-order valence-electron chi connectivity index (χ4n) is 2.88. The van der Waals surface area contributed by atoms with Crippen LogP contribution in [0.5, 0.6) is 5.75 Å². The summed E-state index contributed by atoms with van der Waals surface area (Å²) >= 11 is 0. The van der Waals surface area contributed by atoms with Crippen LogP contribution in [-0.4, -0.2) is 29.9 Å². The van der Waals surface area contributed by atoms with E-state index in [1.165, 1.54) is 11.1 Å². The third kappa shape index (κ3) is 5.98. The predicted octanol–water partition coefficient (Wildman–Crippen LogP) is 3.42. The highest BCUT2D eigenvalue weighted by Gasteiger charge is 2.06. The Labute approximate surface area is 183 Å². The van der Waals surface area contributed by atoms with E-state index in [-0.39, 0.29) is 24.0 Å². The van der Waals surface area contributed by atoms with Crippen LogP contribution < -0.4 is 15.4 Å². The van der Waals surface area contributed by atoms with Crippen molar-refractivity contribution in [2.24, 2.45) is 4.99 Å². The van der Waals surface area contributed by atoms with Gasteiger partial charge >= 0.3 is 0 Å². The standard InChI is InChI=1S/C21H25N5O.HI/c1-22-21(24-15-18-9-5-6-11-20(18)27-2)23-14-17-8-3-4-10-19(17)16-26-13-7-12-25-26;/h3-13H,14-16H2,1-2H3,(H2,22,23,24);1H. The highest BCUT2D eigenvalue weighted by atomic mass is 127. The topological polar surface area (TPSA) is 63.5 Å². The molecule has 7 heteroatoms. The minimum atomic E-state index is 0. The lowest BCUT2D eigenvalue weighted by molar-refractivity contribution is 0.409. The molecular formula is C21H26IN5O. The summed E-state index contributed by atoms with van der Waals surface area (Å²) in [6.45, 7) is 2.07. The van der Waals surface area contributed by atoms with E-state index in [0.717, 1.165) is 23.8 Å². The average molecular weight is 491 g/mol. The number of nitrogens with zero attached hydrogens (tertiary/aromatic N) is 3. The molecule has 0 bridgehead atoms. The predicted molar refractivity (Wildman–Crippen MR) is 123 cm³/mol. The van der Waals surface area contributed by atoms with Crippen LogP contribution in [-0.2, 0) is 19.6 Å². The Bertz CT molecular complexity index is 880. The van der Waals surface area contributed by atoms with Crippen LogP contribution in [0.25, 0.3) is 0 Å². The maximum absolute atomic E-state index is 5.40. The van der Waals surface area contributed by atoms with Crippen molar-refractivity contribution in [1.29, 1.82) is 0 Å². The SMILES string of the molecule is CN=C(NCc1ccccc1Cn1cccn1)NCc1ccccc1OC.I. The molecule has 6 nitrogen and oxygen atoms in total. The largest absolute Gasteiger partial charge is 0.496 e. The van der Waals surface area contributed by atoms with Crippen molar-refractivity contribution in [3.8, 4) is 5.75 Å². The fourth-order valence-corrected chi connectivity index (χ4v) is 2.88. The Hall–Kier alpha value is -2.55. The first-order valence-corrected chi connectivity index (χ1v) is 8.90. The summed E-state index contributed by atoms with van der Waals surface area (Å²) in [5.41, 5.74) is 3.53. The number of hydrogen-bond donors (Lipinski definition) is 2. The Kier molecular flexibility index (Phi) is 8.80. The first-order valence-electron chi connectivity index (χ1n) is 8.90. The van der Waals surface area contributed by atoms with Crippen molar-refractivity contribution >= 4 is 29.9 Å². The van der Waals surface area contributed by atoms with Gasteiger partial charge in [-0.2, -0.15) is 5.10 Å². The quantitative estimate of drug-likeness (QED) is 0.302. The number of para-hydroxylation sites is 1. The lowest BCUT2D eigenvalue weighted by Gasteiger charge is -2.15. The molecule has 0 saturated carbocycles. The fraction of sp³-hybridized carbons (Fsp3) is 0.238. The van der Waals surface area contributed by atoms with E-state index in [0.29, 0.717) is 13.1 Å². The molecule has 0 spiro atoms. The third-order valence-electron chi connectivity index (χ3n) is 4.32. The van der Waals surface area contributed by atoms with Crippen LogP contribution in [0.4, 0.5) is 0 Å². The molecule has 0 aliphatic heterocycles. The number of benzene rings is 2. The van der Waals surface area contributed by atoms with Crippen LogP contribution in [0.15, 0.2) is 72.0 Å². The zero-order valence-electron chi connectivity index (χ0n) is 16.1. The molecule has 3 rings (SSSR count). The zero-order valence-corrected chi connectivity index (χ0v) is 18.5. The lowest BCUT2D eigenvalue weighted by atomic mass is 10.1. The Morgan fingerprint density at radius 3 is 2.25 bits per heavy atom. The summed E-state index contributed by atoms with van der Waals surface area (Å²) < 4.78 is 7.32. The lowest BCUT2D eigenvalue weighted by Crippen LogP contribution is -2.36. The average Bonchev–Trinajstić information content (AvgIpc) is 3.22. The number of aliphatic imine (C=N–C) groups is 1. The number of nitrogens with one attached hydrogen (secondary N) is 2. The van der Waals surface area contributed by atoms with Crippen LogP contribution in [0.3, 0.4) is 0 Å². The van der Waals surface area contributed by atoms with Gasteiger partial charge in [-0.05, 0) is 23.3 Å². The smallest absolute Gasteiger partial charge is 0.191 e. The molecule has 1 aromatic heterocycles. The van der Waals surface area contributed by atoms with Crippen LogP contribution >= 0.6 is 24.0 Å². The minimum absolute atomic E-state index is 0. The second-order valence-corrected chi connectivity index (χ2v) is 6.06. The van der Waals surface area contributed by atoms with Crippen molar-refractivity contribution in [1.82, 2.24) is 20.4 Å². The van der Waals surface area contributed by atoms with Gasteiger partial charge in [0.2, 0.25) is 0 Å². The normalized spacial score (nSPS) is 10.9. The number of guanidine groups is 1. The van der Waals surface area contributed by atoms with E-state index in [1.54, 1.807) is 20.4 Å². The molecule has 0 saturated heterocycles. The van der Waals surface area contributed by atoms with Gasteiger partial charge in [-0.3, -0.25) is 9.67 Å². The Morgan fingerprint density at radius 2 is 1.61 bits per heavy atom. The van der Waals surface area contributed by atoms with E-state index < -0.39 is 0 Å². The molecule has 148 valence electrons. The van der Waals surface area contributed by atoms with E-state index in [9.17, 15) is 0 Å². The van der Waals surface area contributed by atoms with Crippen LogP contribution in [0, 0.1) is 0 Å². The van der Waals surface area contributed by atoms with Gasteiger partial charge in [0.15, 0.2) is 5.96 Å². The summed E-state index contributed by atoms with van der Waals surface area (Å²) in [7, 11) is 3.45. The zero-order chi connectivity index (χ0) is 18.9. The molecule has 2 N–H and O–H groups in total. The summed E-state index contributed by atoms with van der Waals surface area (Å²) in [5.74, 6) is 1.61. The third-order valence-corrected chi connectivity index (χ3v) is 4.32. The van der Waals surface area contributed by atoms with Crippen LogP contribution in [0.1, 0.15) is 16.7 Å².